The van der Waals surface area contributed by atoms with Gasteiger partial charge in [-0.1, -0.05) is 58.4 Å². The second-order valence-corrected chi connectivity index (χ2v) is 5.33. The molecule has 2 aromatic carbocycles. The highest BCUT2D eigenvalue weighted by Gasteiger charge is 2.06. The Morgan fingerprint density at radius 1 is 0.947 bits per heavy atom. The average molecular weight is 315 g/mol. The molecule has 0 amide bonds. The van der Waals surface area contributed by atoms with Crippen molar-refractivity contribution in [1.29, 1.82) is 5.26 Å². The molecule has 0 aliphatic carbocycles. The molecule has 0 atom stereocenters. The van der Waals surface area contributed by atoms with Gasteiger partial charge in [0.05, 0.1) is 12.6 Å². The van der Waals surface area contributed by atoms with Gasteiger partial charge in [0, 0.05) is 17.6 Å². The quantitative estimate of drug-likeness (QED) is 0.781. The van der Waals surface area contributed by atoms with Gasteiger partial charge in [-0.25, -0.2) is 0 Å². The number of hydrogen-bond donors (Lipinski definition) is 0. The lowest BCUT2D eigenvalue weighted by atomic mass is 10.1. The highest BCUT2D eigenvalue weighted by molar-refractivity contribution is 9.10. The fourth-order valence-electron chi connectivity index (χ4n) is 2.00. The lowest BCUT2D eigenvalue weighted by molar-refractivity contribution is 0.289. The van der Waals surface area contributed by atoms with Crippen molar-refractivity contribution in [3.8, 4) is 6.07 Å². The summed E-state index contributed by atoms with van der Waals surface area (Å²) in [5.41, 5.74) is 2.44. The standard InChI is InChI=1S/C16H15BrN2/c17-16-8-4-7-15(11-16)13-19(10-9-18)12-14-5-2-1-3-6-14/h1-8,11H,10,12-13H2. The summed E-state index contributed by atoms with van der Waals surface area (Å²) < 4.78 is 1.07. The van der Waals surface area contributed by atoms with E-state index in [2.05, 4.69) is 51.2 Å². The zero-order valence-electron chi connectivity index (χ0n) is 10.6. The van der Waals surface area contributed by atoms with E-state index >= 15 is 0 Å². The zero-order valence-corrected chi connectivity index (χ0v) is 12.2. The Labute approximate surface area is 122 Å². The van der Waals surface area contributed by atoms with Crippen LogP contribution in [0.25, 0.3) is 0 Å². The Kier molecular flexibility index (Phi) is 5.14. The smallest absolute Gasteiger partial charge is 0.0871 e. The molecule has 0 heterocycles. The molecule has 0 N–H and O–H groups in total. The molecule has 0 unspecified atom stereocenters. The van der Waals surface area contributed by atoms with Crippen LogP contribution in [0.4, 0.5) is 0 Å². The minimum atomic E-state index is 0.432. The van der Waals surface area contributed by atoms with Crippen LogP contribution < -0.4 is 0 Å². The van der Waals surface area contributed by atoms with Crippen molar-refractivity contribution in [2.24, 2.45) is 0 Å². The molecule has 96 valence electrons. The summed E-state index contributed by atoms with van der Waals surface area (Å²) in [5.74, 6) is 0. The predicted molar refractivity (Wildman–Crippen MR) is 80.3 cm³/mol. The maximum Gasteiger partial charge on any atom is 0.0871 e. The van der Waals surface area contributed by atoms with E-state index < -0.39 is 0 Å². The first-order chi connectivity index (χ1) is 9.28. The largest absolute Gasteiger partial charge is 0.282 e. The number of hydrogen-bond acceptors (Lipinski definition) is 2. The second-order valence-electron chi connectivity index (χ2n) is 4.42. The number of benzene rings is 2. The molecule has 0 spiro atoms. The monoisotopic (exact) mass is 314 g/mol. The average Bonchev–Trinajstić information content (AvgIpc) is 2.40. The lowest BCUT2D eigenvalue weighted by Crippen LogP contribution is -2.23. The summed E-state index contributed by atoms with van der Waals surface area (Å²) in [6.07, 6.45) is 0. The molecule has 2 aromatic rings. The Morgan fingerprint density at radius 2 is 1.63 bits per heavy atom. The highest BCUT2D eigenvalue weighted by Crippen LogP contribution is 2.14. The fourth-order valence-corrected chi connectivity index (χ4v) is 2.45. The SMILES string of the molecule is N#CCN(Cc1ccccc1)Cc1cccc(Br)c1. The van der Waals surface area contributed by atoms with Gasteiger partial charge < -0.3 is 0 Å². The van der Waals surface area contributed by atoms with Crippen molar-refractivity contribution in [3.05, 3.63) is 70.2 Å². The summed E-state index contributed by atoms with van der Waals surface area (Å²) in [7, 11) is 0. The first kappa shape index (κ1) is 13.8. The number of halogens is 1. The number of nitriles is 1. The summed E-state index contributed by atoms with van der Waals surface area (Å²) in [6.45, 7) is 2.00. The maximum absolute atomic E-state index is 8.95. The number of nitrogens with zero attached hydrogens (tertiary/aromatic N) is 2. The molecular formula is C16H15BrN2. The minimum absolute atomic E-state index is 0.432. The molecule has 3 heteroatoms. The normalized spacial score (nSPS) is 10.4. The van der Waals surface area contributed by atoms with E-state index in [-0.39, 0.29) is 0 Å². The van der Waals surface area contributed by atoms with E-state index in [0.29, 0.717) is 6.54 Å². The minimum Gasteiger partial charge on any atom is -0.282 e. The first-order valence-electron chi connectivity index (χ1n) is 6.15. The molecule has 2 nitrogen and oxygen atoms in total. The van der Waals surface area contributed by atoms with Crippen molar-refractivity contribution >= 4 is 15.9 Å². The summed E-state index contributed by atoms with van der Waals surface area (Å²) in [5, 5.41) is 8.95. The Hall–Kier alpha value is -1.63. The van der Waals surface area contributed by atoms with Crippen molar-refractivity contribution in [3.63, 3.8) is 0 Å². The Bertz CT molecular complexity index is 560. The highest BCUT2D eigenvalue weighted by atomic mass is 79.9. The molecular weight excluding hydrogens is 300 g/mol. The molecule has 0 saturated carbocycles. The van der Waals surface area contributed by atoms with Crippen LogP contribution in [0.5, 0.6) is 0 Å². The van der Waals surface area contributed by atoms with Crippen molar-refractivity contribution < 1.29 is 0 Å². The van der Waals surface area contributed by atoms with Crippen LogP contribution in [0, 0.1) is 11.3 Å². The topological polar surface area (TPSA) is 27.0 Å². The predicted octanol–water partition coefficient (Wildman–Crippen LogP) is 3.97. The molecule has 0 radical (unpaired) electrons. The molecule has 0 aliphatic rings. The van der Waals surface area contributed by atoms with Gasteiger partial charge in [0.15, 0.2) is 0 Å². The molecule has 0 bridgehead atoms. The van der Waals surface area contributed by atoms with Gasteiger partial charge in [-0.2, -0.15) is 5.26 Å². The Morgan fingerprint density at radius 3 is 2.32 bits per heavy atom. The van der Waals surface area contributed by atoms with Crippen LogP contribution in [0.1, 0.15) is 11.1 Å². The summed E-state index contributed by atoms with van der Waals surface area (Å²) in [4.78, 5) is 2.14. The van der Waals surface area contributed by atoms with Gasteiger partial charge in [-0.15, -0.1) is 0 Å². The van der Waals surface area contributed by atoms with Crippen molar-refractivity contribution in [1.82, 2.24) is 4.90 Å². The third-order valence-corrected chi connectivity index (χ3v) is 3.33. The van der Waals surface area contributed by atoms with Crippen molar-refractivity contribution in [2.45, 2.75) is 13.1 Å². The lowest BCUT2D eigenvalue weighted by Gasteiger charge is -2.19. The molecule has 0 saturated heterocycles. The van der Waals surface area contributed by atoms with E-state index in [4.69, 9.17) is 5.26 Å². The van der Waals surface area contributed by atoms with E-state index in [9.17, 15) is 0 Å². The summed E-state index contributed by atoms with van der Waals surface area (Å²) in [6, 6.07) is 20.7. The maximum atomic E-state index is 8.95. The van der Waals surface area contributed by atoms with E-state index in [1.807, 2.05) is 30.3 Å². The van der Waals surface area contributed by atoms with Gasteiger partial charge >= 0.3 is 0 Å². The molecule has 0 aliphatic heterocycles. The first-order valence-corrected chi connectivity index (χ1v) is 6.95. The van der Waals surface area contributed by atoms with Crippen LogP contribution in [0.15, 0.2) is 59.1 Å². The summed E-state index contributed by atoms with van der Waals surface area (Å²) >= 11 is 3.47. The van der Waals surface area contributed by atoms with Gasteiger partial charge in [0.2, 0.25) is 0 Å². The van der Waals surface area contributed by atoms with Crippen LogP contribution in [-0.4, -0.2) is 11.4 Å². The number of rotatable bonds is 5. The Balaban J connectivity index is 2.06. The van der Waals surface area contributed by atoms with Crippen LogP contribution in [0.2, 0.25) is 0 Å². The van der Waals surface area contributed by atoms with Crippen LogP contribution in [0.3, 0.4) is 0 Å². The zero-order chi connectivity index (χ0) is 13.5. The van der Waals surface area contributed by atoms with E-state index in [1.165, 1.54) is 11.1 Å². The molecule has 0 fully saturated rings. The van der Waals surface area contributed by atoms with Gasteiger partial charge in [-0.3, -0.25) is 4.90 Å². The van der Waals surface area contributed by atoms with E-state index in [1.54, 1.807) is 0 Å². The van der Waals surface area contributed by atoms with Gasteiger partial charge in [-0.05, 0) is 23.3 Å². The van der Waals surface area contributed by atoms with Crippen LogP contribution >= 0.6 is 15.9 Å². The molecule has 2 rings (SSSR count). The second kappa shape index (κ2) is 7.08. The third-order valence-electron chi connectivity index (χ3n) is 2.84. The van der Waals surface area contributed by atoms with Gasteiger partial charge in [0.25, 0.3) is 0 Å². The fraction of sp³-hybridized carbons (Fsp3) is 0.188. The molecule has 0 aromatic heterocycles. The van der Waals surface area contributed by atoms with Crippen molar-refractivity contribution in [2.75, 3.05) is 6.54 Å². The van der Waals surface area contributed by atoms with E-state index in [0.717, 1.165) is 17.6 Å². The molecule has 19 heavy (non-hydrogen) atoms. The third kappa shape index (κ3) is 4.51. The van der Waals surface area contributed by atoms with Crippen LogP contribution in [-0.2, 0) is 13.1 Å². The van der Waals surface area contributed by atoms with Gasteiger partial charge in [0.1, 0.15) is 0 Å².